The summed E-state index contributed by atoms with van der Waals surface area (Å²) in [4.78, 5) is 15.0. The number of carbonyl (C=O) groups excluding carboxylic acids is 1. The SMILES string of the molecule is CC1CCC(N(C)C(=O)c2ccccc2COc2ccccc2)CC1. The lowest BCUT2D eigenvalue weighted by Crippen LogP contribution is -2.39. The van der Waals surface area contributed by atoms with Gasteiger partial charge in [-0.15, -0.1) is 0 Å². The lowest BCUT2D eigenvalue weighted by molar-refractivity contribution is 0.0677. The second-order valence-corrected chi connectivity index (χ2v) is 7.09. The van der Waals surface area contributed by atoms with Crippen LogP contribution in [0.25, 0.3) is 0 Å². The third-order valence-electron chi connectivity index (χ3n) is 5.24. The first-order chi connectivity index (χ1) is 12.1. The highest BCUT2D eigenvalue weighted by Gasteiger charge is 2.26. The number of hydrogen-bond donors (Lipinski definition) is 0. The molecule has 0 radical (unpaired) electrons. The van der Waals surface area contributed by atoms with Crippen molar-refractivity contribution in [2.45, 2.75) is 45.3 Å². The molecule has 0 aromatic heterocycles. The molecule has 0 N–H and O–H groups in total. The van der Waals surface area contributed by atoms with Crippen LogP contribution >= 0.6 is 0 Å². The Morgan fingerprint density at radius 1 is 1.00 bits per heavy atom. The zero-order valence-electron chi connectivity index (χ0n) is 15.2. The van der Waals surface area contributed by atoms with Crippen molar-refractivity contribution in [3.05, 3.63) is 65.7 Å². The summed E-state index contributed by atoms with van der Waals surface area (Å²) in [6, 6.07) is 17.9. The first kappa shape index (κ1) is 17.5. The molecule has 1 saturated carbocycles. The summed E-state index contributed by atoms with van der Waals surface area (Å²) in [6.45, 7) is 2.70. The van der Waals surface area contributed by atoms with E-state index in [2.05, 4.69) is 6.92 Å². The number of carbonyl (C=O) groups is 1. The molecular weight excluding hydrogens is 310 g/mol. The Balaban J connectivity index is 1.70. The Hall–Kier alpha value is -2.29. The van der Waals surface area contributed by atoms with E-state index in [1.807, 2.05) is 66.5 Å². The lowest BCUT2D eigenvalue weighted by atomic mass is 9.86. The topological polar surface area (TPSA) is 29.5 Å². The standard InChI is InChI=1S/C22H27NO2/c1-17-12-14-19(15-13-17)23(2)22(24)21-11-7-6-8-18(21)16-25-20-9-4-3-5-10-20/h3-11,17,19H,12-16H2,1-2H3. The average Bonchev–Trinajstić information content (AvgIpc) is 2.67. The van der Waals surface area contributed by atoms with Crippen LogP contribution in [0.15, 0.2) is 54.6 Å². The molecular formula is C22H27NO2. The molecule has 0 atom stereocenters. The van der Waals surface area contributed by atoms with Crippen LogP contribution in [-0.4, -0.2) is 23.9 Å². The van der Waals surface area contributed by atoms with Crippen molar-refractivity contribution < 1.29 is 9.53 Å². The van der Waals surface area contributed by atoms with Gasteiger partial charge < -0.3 is 9.64 Å². The highest BCUT2D eigenvalue weighted by atomic mass is 16.5. The minimum atomic E-state index is 0.104. The molecule has 3 rings (SSSR count). The molecule has 1 fully saturated rings. The van der Waals surface area contributed by atoms with E-state index in [1.165, 1.54) is 12.8 Å². The van der Waals surface area contributed by atoms with Gasteiger partial charge in [-0.25, -0.2) is 0 Å². The molecule has 3 heteroatoms. The van der Waals surface area contributed by atoms with Crippen molar-refractivity contribution in [3.8, 4) is 5.75 Å². The van der Waals surface area contributed by atoms with Crippen LogP contribution < -0.4 is 4.74 Å². The van der Waals surface area contributed by atoms with Crippen LogP contribution in [-0.2, 0) is 6.61 Å². The van der Waals surface area contributed by atoms with E-state index in [1.54, 1.807) is 0 Å². The van der Waals surface area contributed by atoms with Gasteiger partial charge in [-0.2, -0.15) is 0 Å². The second kappa shape index (κ2) is 8.19. The molecule has 0 unspecified atom stereocenters. The molecule has 0 spiro atoms. The van der Waals surface area contributed by atoms with E-state index in [9.17, 15) is 4.79 Å². The first-order valence-corrected chi connectivity index (χ1v) is 9.18. The molecule has 1 amide bonds. The van der Waals surface area contributed by atoms with Crippen LogP contribution in [0.2, 0.25) is 0 Å². The van der Waals surface area contributed by atoms with E-state index in [0.29, 0.717) is 12.6 Å². The van der Waals surface area contributed by atoms with Crippen molar-refractivity contribution in [1.29, 1.82) is 0 Å². The van der Waals surface area contributed by atoms with Crippen LogP contribution in [0.4, 0.5) is 0 Å². The van der Waals surface area contributed by atoms with Gasteiger partial charge in [0.25, 0.3) is 5.91 Å². The maximum absolute atomic E-state index is 13.0. The Labute approximate surface area is 150 Å². The number of nitrogens with zero attached hydrogens (tertiary/aromatic N) is 1. The molecule has 0 saturated heterocycles. The van der Waals surface area contributed by atoms with Crippen molar-refractivity contribution >= 4 is 5.91 Å². The fourth-order valence-corrected chi connectivity index (χ4v) is 3.52. The molecule has 0 heterocycles. The molecule has 2 aromatic rings. The number of benzene rings is 2. The van der Waals surface area contributed by atoms with E-state index in [-0.39, 0.29) is 5.91 Å². The zero-order chi connectivity index (χ0) is 17.6. The molecule has 132 valence electrons. The number of amides is 1. The van der Waals surface area contributed by atoms with Crippen molar-refractivity contribution in [2.75, 3.05) is 7.05 Å². The van der Waals surface area contributed by atoms with Crippen LogP contribution in [0.3, 0.4) is 0 Å². The van der Waals surface area contributed by atoms with Crippen LogP contribution in [0.1, 0.15) is 48.5 Å². The van der Waals surface area contributed by atoms with E-state index >= 15 is 0 Å². The van der Waals surface area contributed by atoms with Gasteiger partial charge >= 0.3 is 0 Å². The monoisotopic (exact) mass is 337 g/mol. The number of ether oxygens (including phenoxy) is 1. The molecule has 2 aromatic carbocycles. The van der Waals surface area contributed by atoms with Gasteiger partial charge in [0.05, 0.1) is 0 Å². The maximum Gasteiger partial charge on any atom is 0.254 e. The second-order valence-electron chi connectivity index (χ2n) is 7.09. The Bertz CT molecular complexity index is 690. The third-order valence-corrected chi connectivity index (χ3v) is 5.24. The van der Waals surface area contributed by atoms with Crippen molar-refractivity contribution in [3.63, 3.8) is 0 Å². The van der Waals surface area contributed by atoms with Gasteiger partial charge in [-0.1, -0.05) is 43.3 Å². The normalized spacial score (nSPS) is 20.1. The Kier molecular flexibility index (Phi) is 5.75. The quantitative estimate of drug-likeness (QED) is 0.775. The summed E-state index contributed by atoms with van der Waals surface area (Å²) in [5.41, 5.74) is 1.69. The smallest absolute Gasteiger partial charge is 0.254 e. The van der Waals surface area contributed by atoms with E-state index in [4.69, 9.17) is 4.74 Å². The fourth-order valence-electron chi connectivity index (χ4n) is 3.52. The molecule has 1 aliphatic rings. The molecule has 3 nitrogen and oxygen atoms in total. The van der Waals surface area contributed by atoms with Crippen LogP contribution in [0.5, 0.6) is 5.75 Å². The summed E-state index contributed by atoms with van der Waals surface area (Å²) in [5.74, 6) is 1.71. The zero-order valence-corrected chi connectivity index (χ0v) is 15.2. The maximum atomic E-state index is 13.0. The summed E-state index contributed by atoms with van der Waals surface area (Å²) in [6.07, 6.45) is 4.63. The minimum absolute atomic E-state index is 0.104. The third kappa shape index (κ3) is 4.41. The summed E-state index contributed by atoms with van der Waals surface area (Å²) in [7, 11) is 1.94. The highest BCUT2D eigenvalue weighted by Crippen LogP contribution is 2.27. The molecule has 25 heavy (non-hydrogen) atoms. The van der Waals surface area contributed by atoms with Crippen LogP contribution in [0, 0.1) is 5.92 Å². The number of rotatable bonds is 5. The lowest BCUT2D eigenvalue weighted by Gasteiger charge is -2.34. The molecule has 1 aliphatic carbocycles. The number of para-hydroxylation sites is 1. The Morgan fingerprint density at radius 2 is 1.64 bits per heavy atom. The average molecular weight is 337 g/mol. The molecule has 0 bridgehead atoms. The summed E-state index contributed by atoms with van der Waals surface area (Å²) < 4.78 is 5.85. The van der Waals surface area contributed by atoms with Gasteiger partial charge in [-0.05, 0) is 49.8 Å². The highest BCUT2D eigenvalue weighted by molar-refractivity contribution is 5.95. The summed E-state index contributed by atoms with van der Waals surface area (Å²) in [5, 5.41) is 0. The predicted molar refractivity (Wildman–Crippen MR) is 101 cm³/mol. The van der Waals surface area contributed by atoms with E-state index in [0.717, 1.165) is 35.6 Å². The minimum Gasteiger partial charge on any atom is -0.489 e. The largest absolute Gasteiger partial charge is 0.489 e. The van der Waals surface area contributed by atoms with Gasteiger partial charge in [0.2, 0.25) is 0 Å². The molecule has 0 aliphatic heterocycles. The van der Waals surface area contributed by atoms with Crippen molar-refractivity contribution in [2.24, 2.45) is 5.92 Å². The van der Waals surface area contributed by atoms with Gasteiger partial charge in [0.15, 0.2) is 0 Å². The number of hydrogen-bond acceptors (Lipinski definition) is 2. The fraction of sp³-hybridized carbons (Fsp3) is 0.409. The van der Waals surface area contributed by atoms with Gasteiger partial charge in [-0.3, -0.25) is 4.79 Å². The van der Waals surface area contributed by atoms with E-state index < -0.39 is 0 Å². The Morgan fingerprint density at radius 3 is 2.36 bits per heavy atom. The summed E-state index contributed by atoms with van der Waals surface area (Å²) >= 11 is 0. The van der Waals surface area contributed by atoms with Crippen molar-refractivity contribution in [1.82, 2.24) is 4.90 Å². The first-order valence-electron chi connectivity index (χ1n) is 9.18. The van der Waals surface area contributed by atoms with Gasteiger partial charge in [0.1, 0.15) is 12.4 Å². The van der Waals surface area contributed by atoms with Gasteiger partial charge in [0, 0.05) is 24.2 Å². The predicted octanol–water partition coefficient (Wildman–Crippen LogP) is 4.92.